The average Bonchev–Trinajstić information content (AvgIpc) is 3.31. The Kier molecular flexibility index (Phi) is 6.77. The summed E-state index contributed by atoms with van der Waals surface area (Å²) in [6.07, 6.45) is -4.85. The number of fused-ring (bicyclic) bond motifs is 1. The first-order valence-corrected chi connectivity index (χ1v) is 12.7. The molecule has 0 bridgehead atoms. The summed E-state index contributed by atoms with van der Waals surface area (Å²) in [6, 6.07) is 7.80. The highest BCUT2D eigenvalue weighted by Crippen LogP contribution is 2.36. The molecule has 3 aromatic rings. The molecule has 0 aliphatic carbocycles. The van der Waals surface area contributed by atoms with Gasteiger partial charge in [-0.25, -0.2) is 8.42 Å². The number of anilines is 1. The second-order valence-corrected chi connectivity index (χ2v) is 11.0. The monoisotopic (exact) mass is 539 g/mol. The summed E-state index contributed by atoms with van der Waals surface area (Å²) in [4.78, 5) is 14.2. The number of ether oxygens (including phenoxy) is 1. The molecule has 37 heavy (non-hydrogen) atoms. The summed E-state index contributed by atoms with van der Waals surface area (Å²) in [5.41, 5.74) is 6.12. The molecule has 10 nitrogen and oxygen atoms in total. The fraction of sp³-hybridized carbons (Fsp3) is 0.348. The largest absolute Gasteiger partial charge is 0.573 e. The van der Waals surface area contributed by atoms with Crippen molar-refractivity contribution in [1.82, 2.24) is 15.5 Å². The topological polar surface area (TPSA) is 141 Å². The fourth-order valence-electron chi connectivity index (χ4n) is 3.68. The summed E-state index contributed by atoms with van der Waals surface area (Å²) >= 11 is 0. The highest BCUT2D eigenvalue weighted by Gasteiger charge is 2.37. The smallest absolute Gasteiger partial charge is 0.419 e. The molecule has 3 N–H and O–H groups in total. The molecule has 198 valence electrons. The zero-order chi connectivity index (χ0) is 27.2. The molecule has 0 saturated heterocycles. The Labute approximate surface area is 210 Å². The van der Waals surface area contributed by atoms with E-state index in [2.05, 4.69) is 20.3 Å². The second-order valence-electron chi connectivity index (χ2n) is 8.97. The quantitative estimate of drug-likeness (QED) is 0.484. The van der Waals surface area contributed by atoms with Gasteiger partial charge in [-0.15, -0.1) is 23.4 Å². The molecule has 1 atom stereocenters. The van der Waals surface area contributed by atoms with Crippen molar-refractivity contribution in [2.75, 3.05) is 17.7 Å². The standard InChI is InChI=1S/C23H24F3N5O5S/c1-22(2,28-3)21-30-29-19(35-21)14-6-9-18-17(10-14)31(20(32)16(27)12-37(18,33)34)11-13-4-7-15(8-5-13)36-23(24,25)26/h4-10,16,28H,11-12,27H2,1-3H3/t16-/m0/s1. The first-order chi connectivity index (χ1) is 17.2. The zero-order valence-corrected chi connectivity index (χ0v) is 20.9. The van der Waals surface area contributed by atoms with Gasteiger partial charge in [0.25, 0.3) is 0 Å². The molecule has 0 radical (unpaired) electrons. The van der Waals surface area contributed by atoms with Crippen LogP contribution in [0.1, 0.15) is 25.3 Å². The van der Waals surface area contributed by atoms with Crippen molar-refractivity contribution in [2.24, 2.45) is 5.73 Å². The number of benzene rings is 2. The minimum Gasteiger partial charge on any atom is -0.419 e. The number of nitrogens with one attached hydrogen (secondary N) is 1. The molecule has 0 saturated carbocycles. The highest BCUT2D eigenvalue weighted by molar-refractivity contribution is 7.91. The van der Waals surface area contributed by atoms with Gasteiger partial charge in [0.05, 0.1) is 34.5 Å². The van der Waals surface area contributed by atoms with Crippen LogP contribution in [0.3, 0.4) is 0 Å². The van der Waals surface area contributed by atoms with E-state index < -0.39 is 45.2 Å². The van der Waals surface area contributed by atoms with Gasteiger partial charge in [0, 0.05) is 5.56 Å². The van der Waals surface area contributed by atoms with Crippen LogP contribution in [0.2, 0.25) is 0 Å². The molecular weight excluding hydrogens is 515 g/mol. The van der Waals surface area contributed by atoms with Crippen molar-refractivity contribution >= 4 is 21.4 Å². The Bertz CT molecular complexity index is 1420. The molecule has 14 heteroatoms. The van der Waals surface area contributed by atoms with E-state index in [1.54, 1.807) is 7.05 Å². The number of carbonyl (C=O) groups is 1. The third-order valence-electron chi connectivity index (χ3n) is 5.90. The number of nitrogens with zero attached hydrogens (tertiary/aromatic N) is 3. The Morgan fingerprint density at radius 3 is 2.46 bits per heavy atom. The molecule has 0 unspecified atom stereocenters. The van der Waals surface area contributed by atoms with Crippen LogP contribution in [-0.4, -0.2) is 49.7 Å². The highest BCUT2D eigenvalue weighted by atomic mass is 32.2. The molecular formula is C23H24F3N5O5S. The summed E-state index contributed by atoms with van der Waals surface area (Å²) in [6.45, 7) is 3.51. The minimum atomic E-state index is -4.85. The second kappa shape index (κ2) is 9.43. The van der Waals surface area contributed by atoms with Crippen LogP contribution in [0.15, 0.2) is 51.8 Å². The molecule has 4 rings (SSSR count). The number of carbonyl (C=O) groups excluding carboxylic acids is 1. The first-order valence-electron chi connectivity index (χ1n) is 11.0. The maximum Gasteiger partial charge on any atom is 0.573 e. The summed E-state index contributed by atoms with van der Waals surface area (Å²) in [7, 11) is -2.22. The number of aromatic nitrogens is 2. The van der Waals surface area contributed by atoms with E-state index in [1.165, 1.54) is 35.2 Å². The Morgan fingerprint density at radius 1 is 1.16 bits per heavy atom. The summed E-state index contributed by atoms with van der Waals surface area (Å²) < 4.78 is 73.1. The third-order valence-corrected chi connectivity index (χ3v) is 7.71. The van der Waals surface area contributed by atoms with Gasteiger partial charge in [-0.2, -0.15) is 0 Å². The number of nitrogens with two attached hydrogens (primary N) is 1. The van der Waals surface area contributed by atoms with Crippen LogP contribution < -0.4 is 20.7 Å². The van der Waals surface area contributed by atoms with E-state index in [9.17, 15) is 26.4 Å². The van der Waals surface area contributed by atoms with Crippen LogP contribution in [-0.2, 0) is 26.7 Å². The minimum absolute atomic E-state index is 0.0405. The lowest BCUT2D eigenvalue weighted by Crippen LogP contribution is -2.45. The molecule has 1 amide bonds. The van der Waals surface area contributed by atoms with Crippen molar-refractivity contribution in [3.8, 4) is 17.2 Å². The fourth-order valence-corrected chi connectivity index (χ4v) is 5.24. The van der Waals surface area contributed by atoms with Crippen LogP contribution in [0.25, 0.3) is 11.5 Å². The van der Waals surface area contributed by atoms with Gasteiger partial charge >= 0.3 is 6.36 Å². The van der Waals surface area contributed by atoms with Crippen LogP contribution in [0.5, 0.6) is 5.75 Å². The number of rotatable bonds is 6. The maximum absolute atomic E-state index is 13.2. The van der Waals surface area contributed by atoms with Gasteiger partial charge in [-0.05, 0) is 56.8 Å². The number of alkyl halides is 3. The van der Waals surface area contributed by atoms with Gasteiger partial charge in [0.1, 0.15) is 5.75 Å². The van der Waals surface area contributed by atoms with E-state index in [-0.39, 0.29) is 23.0 Å². The molecule has 0 spiro atoms. The molecule has 1 aliphatic heterocycles. The summed E-state index contributed by atoms with van der Waals surface area (Å²) in [5.74, 6) is -1.31. The Morgan fingerprint density at radius 2 is 1.84 bits per heavy atom. The van der Waals surface area contributed by atoms with Crippen molar-refractivity contribution in [1.29, 1.82) is 0 Å². The van der Waals surface area contributed by atoms with Gasteiger partial charge in [0.15, 0.2) is 9.84 Å². The van der Waals surface area contributed by atoms with Crippen LogP contribution >= 0.6 is 0 Å². The number of hydrogen-bond acceptors (Lipinski definition) is 9. The predicted molar refractivity (Wildman–Crippen MR) is 126 cm³/mol. The third kappa shape index (κ3) is 5.60. The van der Waals surface area contributed by atoms with Gasteiger partial charge in [-0.3, -0.25) is 4.79 Å². The lowest BCUT2D eigenvalue weighted by molar-refractivity contribution is -0.274. The molecule has 1 aliphatic rings. The van der Waals surface area contributed by atoms with Gasteiger partial charge in [0.2, 0.25) is 17.7 Å². The van der Waals surface area contributed by atoms with E-state index in [0.29, 0.717) is 17.0 Å². The molecule has 2 aromatic carbocycles. The van der Waals surface area contributed by atoms with Crippen LogP contribution in [0.4, 0.5) is 18.9 Å². The van der Waals surface area contributed by atoms with E-state index in [4.69, 9.17) is 10.2 Å². The predicted octanol–water partition coefficient (Wildman–Crippen LogP) is 2.74. The molecule has 2 heterocycles. The van der Waals surface area contributed by atoms with Gasteiger partial charge in [-0.1, -0.05) is 12.1 Å². The van der Waals surface area contributed by atoms with E-state index in [0.717, 1.165) is 12.1 Å². The SMILES string of the molecule is CNC(C)(C)c1nnc(-c2ccc3c(c2)N(Cc2ccc(OC(F)(F)F)cc2)C(=O)[C@@H](N)CS3(=O)=O)o1. The number of hydrogen-bond donors (Lipinski definition) is 2. The molecule has 0 fully saturated rings. The Balaban J connectivity index is 1.75. The first kappa shape index (κ1) is 26.6. The van der Waals surface area contributed by atoms with Crippen molar-refractivity contribution < 1.29 is 35.5 Å². The van der Waals surface area contributed by atoms with Crippen molar-refractivity contribution in [3.63, 3.8) is 0 Å². The van der Waals surface area contributed by atoms with E-state index in [1.807, 2.05) is 13.8 Å². The lowest BCUT2D eigenvalue weighted by Gasteiger charge is -2.24. The average molecular weight is 540 g/mol. The van der Waals surface area contributed by atoms with Crippen molar-refractivity contribution in [2.45, 2.75) is 43.2 Å². The van der Waals surface area contributed by atoms with Gasteiger partial charge < -0.3 is 25.1 Å². The number of sulfone groups is 1. The normalized spacial score (nSPS) is 17.9. The number of amides is 1. The van der Waals surface area contributed by atoms with Crippen molar-refractivity contribution in [3.05, 3.63) is 53.9 Å². The zero-order valence-electron chi connectivity index (χ0n) is 20.0. The lowest BCUT2D eigenvalue weighted by atomic mass is 10.1. The maximum atomic E-state index is 13.2. The van der Waals surface area contributed by atoms with Crippen LogP contribution in [0, 0.1) is 0 Å². The molecule has 1 aromatic heterocycles. The Hall–Kier alpha value is -3.49. The number of halogens is 3. The summed E-state index contributed by atoms with van der Waals surface area (Å²) in [5, 5.41) is 11.1. The van der Waals surface area contributed by atoms with E-state index >= 15 is 0 Å².